The molecule has 0 saturated carbocycles. The first-order valence-electron chi connectivity index (χ1n) is 7.23. The van der Waals surface area contributed by atoms with Gasteiger partial charge in [-0.1, -0.05) is 0 Å². The van der Waals surface area contributed by atoms with Crippen molar-refractivity contribution in [2.75, 3.05) is 31.6 Å². The molecule has 1 unspecified atom stereocenters. The Morgan fingerprint density at radius 1 is 1.33 bits per heavy atom. The number of fused-ring (bicyclic) bond motifs is 1. The SMILES string of the molecule is CC(O)CCCNCC(=O)Nc1ccc2c(c1)OCCO2. The maximum atomic E-state index is 11.8. The van der Waals surface area contributed by atoms with E-state index in [9.17, 15) is 4.79 Å². The van der Waals surface area contributed by atoms with Crippen LogP contribution in [-0.2, 0) is 4.79 Å². The number of ether oxygens (including phenoxy) is 2. The number of benzene rings is 1. The molecule has 0 aromatic heterocycles. The zero-order valence-electron chi connectivity index (χ0n) is 12.2. The fourth-order valence-corrected chi connectivity index (χ4v) is 2.05. The lowest BCUT2D eigenvalue weighted by Crippen LogP contribution is -2.29. The monoisotopic (exact) mass is 294 g/mol. The standard InChI is InChI=1S/C15H22N2O4/c1-11(18)3-2-6-16-10-15(19)17-12-4-5-13-14(9-12)21-8-7-20-13/h4-5,9,11,16,18H,2-3,6-8,10H2,1H3,(H,17,19). The largest absolute Gasteiger partial charge is 0.486 e. The van der Waals surface area contributed by atoms with Crippen LogP contribution in [0.25, 0.3) is 0 Å². The van der Waals surface area contributed by atoms with Gasteiger partial charge in [0.15, 0.2) is 11.5 Å². The van der Waals surface area contributed by atoms with E-state index in [-0.39, 0.29) is 18.6 Å². The third-order valence-electron chi connectivity index (χ3n) is 3.09. The van der Waals surface area contributed by atoms with Gasteiger partial charge >= 0.3 is 0 Å². The zero-order chi connectivity index (χ0) is 15.1. The average molecular weight is 294 g/mol. The molecule has 1 amide bonds. The summed E-state index contributed by atoms with van der Waals surface area (Å²) in [6.07, 6.45) is 1.28. The number of aliphatic hydroxyl groups is 1. The lowest BCUT2D eigenvalue weighted by atomic mass is 10.2. The van der Waals surface area contributed by atoms with Crippen molar-refractivity contribution in [3.8, 4) is 11.5 Å². The van der Waals surface area contributed by atoms with E-state index >= 15 is 0 Å². The first-order valence-corrected chi connectivity index (χ1v) is 7.23. The first kappa shape index (κ1) is 15.6. The van der Waals surface area contributed by atoms with E-state index in [4.69, 9.17) is 14.6 Å². The van der Waals surface area contributed by atoms with Crippen LogP contribution in [0.2, 0.25) is 0 Å². The zero-order valence-corrected chi connectivity index (χ0v) is 12.2. The minimum Gasteiger partial charge on any atom is -0.486 e. The van der Waals surface area contributed by atoms with Crippen LogP contribution in [0.3, 0.4) is 0 Å². The maximum absolute atomic E-state index is 11.8. The molecule has 2 rings (SSSR count). The Morgan fingerprint density at radius 2 is 2.10 bits per heavy atom. The third-order valence-corrected chi connectivity index (χ3v) is 3.09. The van der Waals surface area contributed by atoms with Gasteiger partial charge in [-0.2, -0.15) is 0 Å². The molecule has 0 fully saturated rings. The molecule has 0 bridgehead atoms. The summed E-state index contributed by atoms with van der Waals surface area (Å²) in [6, 6.07) is 5.35. The molecule has 1 atom stereocenters. The van der Waals surface area contributed by atoms with Crippen molar-refractivity contribution >= 4 is 11.6 Å². The van der Waals surface area contributed by atoms with Crippen molar-refractivity contribution in [2.45, 2.75) is 25.9 Å². The second kappa shape index (κ2) is 7.85. The van der Waals surface area contributed by atoms with E-state index < -0.39 is 0 Å². The van der Waals surface area contributed by atoms with Crippen LogP contribution < -0.4 is 20.1 Å². The molecule has 0 radical (unpaired) electrons. The Kier molecular flexibility index (Phi) is 5.83. The van der Waals surface area contributed by atoms with Crippen LogP contribution in [0.1, 0.15) is 19.8 Å². The van der Waals surface area contributed by atoms with Gasteiger partial charge in [-0.3, -0.25) is 4.79 Å². The second-order valence-electron chi connectivity index (χ2n) is 5.07. The fraction of sp³-hybridized carbons (Fsp3) is 0.533. The van der Waals surface area contributed by atoms with Crippen molar-refractivity contribution in [3.63, 3.8) is 0 Å². The van der Waals surface area contributed by atoms with Gasteiger partial charge in [0.05, 0.1) is 12.6 Å². The Morgan fingerprint density at radius 3 is 2.86 bits per heavy atom. The molecular weight excluding hydrogens is 272 g/mol. The molecule has 6 nitrogen and oxygen atoms in total. The predicted molar refractivity (Wildman–Crippen MR) is 79.8 cm³/mol. The number of amides is 1. The highest BCUT2D eigenvalue weighted by Crippen LogP contribution is 2.32. The Labute approximate surface area is 124 Å². The van der Waals surface area contributed by atoms with E-state index in [1.807, 2.05) is 0 Å². The summed E-state index contributed by atoms with van der Waals surface area (Å²) in [4.78, 5) is 11.8. The van der Waals surface area contributed by atoms with E-state index in [0.29, 0.717) is 36.9 Å². The molecule has 116 valence electrons. The first-order chi connectivity index (χ1) is 10.1. The summed E-state index contributed by atoms with van der Waals surface area (Å²) < 4.78 is 10.9. The van der Waals surface area contributed by atoms with Gasteiger partial charge in [0, 0.05) is 11.8 Å². The topological polar surface area (TPSA) is 79.8 Å². The molecule has 0 saturated heterocycles. The highest BCUT2D eigenvalue weighted by molar-refractivity contribution is 5.92. The highest BCUT2D eigenvalue weighted by Gasteiger charge is 2.12. The quantitative estimate of drug-likeness (QED) is 0.657. The van der Waals surface area contributed by atoms with Crippen LogP contribution >= 0.6 is 0 Å². The molecule has 1 aliphatic rings. The van der Waals surface area contributed by atoms with E-state index in [1.54, 1.807) is 25.1 Å². The van der Waals surface area contributed by atoms with Crippen molar-refractivity contribution in [1.29, 1.82) is 0 Å². The summed E-state index contributed by atoms with van der Waals surface area (Å²) in [5, 5.41) is 15.0. The van der Waals surface area contributed by atoms with Crippen LogP contribution in [0.4, 0.5) is 5.69 Å². The molecule has 1 aromatic rings. The number of carbonyl (C=O) groups is 1. The maximum Gasteiger partial charge on any atom is 0.238 e. The van der Waals surface area contributed by atoms with E-state index in [2.05, 4.69) is 10.6 Å². The minimum absolute atomic E-state index is 0.108. The lowest BCUT2D eigenvalue weighted by Gasteiger charge is -2.19. The summed E-state index contributed by atoms with van der Waals surface area (Å²) in [5.74, 6) is 1.25. The van der Waals surface area contributed by atoms with Gasteiger partial charge in [0.2, 0.25) is 5.91 Å². The average Bonchev–Trinajstić information content (AvgIpc) is 2.46. The number of hydrogen-bond acceptors (Lipinski definition) is 5. The molecule has 3 N–H and O–H groups in total. The lowest BCUT2D eigenvalue weighted by molar-refractivity contribution is -0.115. The van der Waals surface area contributed by atoms with Crippen LogP contribution in [0.5, 0.6) is 11.5 Å². The molecule has 0 aliphatic carbocycles. The molecule has 0 spiro atoms. The second-order valence-corrected chi connectivity index (χ2v) is 5.07. The van der Waals surface area contributed by atoms with Crippen LogP contribution in [0.15, 0.2) is 18.2 Å². The summed E-state index contributed by atoms with van der Waals surface area (Å²) >= 11 is 0. The number of nitrogens with one attached hydrogen (secondary N) is 2. The van der Waals surface area contributed by atoms with Crippen molar-refractivity contribution in [2.24, 2.45) is 0 Å². The van der Waals surface area contributed by atoms with Gasteiger partial charge in [0.1, 0.15) is 13.2 Å². The van der Waals surface area contributed by atoms with Crippen LogP contribution in [0, 0.1) is 0 Å². The number of rotatable bonds is 7. The number of carbonyl (C=O) groups excluding carboxylic acids is 1. The summed E-state index contributed by atoms with van der Waals surface area (Å²) in [5.41, 5.74) is 0.690. The minimum atomic E-state index is -0.293. The molecule has 1 aliphatic heterocycles. The molecular formula is C15H22N2O4. The van der Waals surface area contributed by atoms with E-state index in [1.165, 1.54) is 0 Å². The van der Waals surface area contributed by atoms with Crippen LogP contribution in [-0.4, -0.2) is 43.4 Å². The van der Waals surface area contributed by atoms with Gasteiger partial charge in [-0.15, -0.1) is 0 Å². The van der Waals surface area contributed by atoms with Crippen molar-refractivity contribution < 1.29 is 19.4 Å². The van der Waals surface area contributed by atoms with Gasteiger partial charge < -0.3 is 25.2 Å². The Balaban J connectivity index is 1.72. The Hall–Kier alpha value is -1.79. The number of aliphatic hydroxyl groups excluding tert-OH is 1. The molecule has 21 heavy (non-hydrogen) atoms. The summed E-state index contributed by atoms with van der Waals surface area (Å²) in [6.45, 7) is 3.78. The fourth-order valence-electron chi connectivity index (χ4n) is 2.05. The normalized spacial score (nSPS) is 14.6. The van der Waals surface area contributed by atoms with Gasteiger partial charge in [-0.25, -0.2) is 0 Å². The third kappa shape index (κ3) is 5.24. The smallest absolute Gasteiger partial charge is 0.238 e. The Bertz CT molecular complexity index is 477. The molecule has 1 aromatic carbocycles. The molecule has 6 heteroatoms. The van der Waals surface area contributed by atoms with Crippen molar-refractivity contribution in [1.82, 2.24) is 5.32 Å². The number of hydrogen-bond donors (Lipinski definition) is 3. The highest BCUT2D eigenvalue weighted by atomic mass is 16.6. The predicted octanol–water partition coefficient (Wildman–Crippen LogP) is 1.15. The van der Waals surface area contributed by atoms with Gasteiger partial charge in [0.25, 0.3) is 0 Å². The summed E-state index contributed by atoms with van der Waals surface area (Å²) in [7, 11) is 0. The van der Waals surface area contributed by atoms with Crippen molar-refractivity contribution in [3.05, 3.63) is 18.2 Å². The van der Waals surface area contributed by atoms with Gasteiger partial charge in [-0.05, 0) is 38.4 Å². The van der Waals surface area contributed by atoms with E-state index in [0.717, 1.165) is 12.8 Å². The number of anilines is 1. The molecule has 1 heterocycles.